The molecule has 3 aromatic rings. The maximum atomic E-state index is 14.3. The maximum Gasteiger partial charge on any atom is 0.436 e. The van der Waals surface area contributed by atoms with E-state index in [0.29, 0.717) is 23.4 Å². The lowest BCUT2D eigenvalue weighted by Gasteiger charge is -2.31. The van der Waals surface area contributed by atoms with E-state index < -0.39 is 63.7 Å². The number of amides is 5. The molecule has 2 heterocycles. The van der Waals surface area contributed by atoms with Crippen molar-refractivity contribution in [2.24, 2.45) is 4.99 Å². The SMILES string of the molecule is CCOC(=O)Cc1cc2c(s1)CCN(C(=O)[C@H](Cc1cccc([N+](=O)[O-])c1)NC(=O)c1ccc(C(=NC(=O)OC(C)(C)C)N(C(=O)OC(C)(C)C)C(=O)OC(C)(C)C)cc1)C2. The van der Waals surface area contributed by atoms with Crippen molar-refractivity contribution in [1.82, 2.24) is 15.1 Å². The average molecular weight is 864 g/mol. The molecule has 61 heavy (non-hydrogen) atoms. The summed E-state index contributed by atoms with van der Waals surface area (Å²) in [5.74, 6) is -1.98. The normalized spacial score (nSPS) is 13.6. The number of benzene rings is 2. The van der Waals surface area contributed by atoms with Gasteiger partial charge in [0.1, 0.15) is 22.8 Å². The van der Waals surface area contributed by atoms with E-state index in [-0.39, 0.29) is 48.8 Å². The fraction of sp³-hybridized carbons (Fsp3) is 0.465. The molecule has 0 fully saturated rings. The topological polar surface area (TPSA) is 213 Å². The van der Waals surface area contributed by atoms with Crippen molar-refractivity contribution in [3.8, 4) is 0 Å². The number of thiophene rings is 1. The lowest BCUT2D eigenvalue weighted by molar-refractivity contribution is -0.384. The fourth-order valence-electron chi connectivity index (χ4n) is 5.97. The zero-order valence-electron chi connectivity index (χ0n) is 36.1. The van der Waals surface area contributed by atoms with Crippen LogP contribution in [0.1, 0.15) is 106 Å². The second-order valence-electron chi connectivity index (χ2n) is 17.1. The van der Waals surface area contributed by atoms with Crippen molar-refractivity contribution in [1.29, 1.82) is 0 Å². The monoisotopic (exact) mass is 863 g/mol. The van der Waals surface area contributed by atoms with Crippen molar-refractivity contribution in [3.05, 3.63) is 96.7 Å². The van der Waals surface area contributed by atoms with E-state index in [1.165, 1.54) is 53.8 Å². The zero-order chi connectivity index (χ0) is 45.4. The third kappa shape index (κ3) is 14.2. The van der Waals surface area contributed by atoms with Crippen LogP contribution in [0.3, 0.4) is 0 Å². The average Bonchev–Trinajstić information content (AvgIpc) is 3.53. The Morgan fingerprint density at radius 1 is 0.869 bits per heavy atom. The number of hydrogen-bond acceptors (Lipinski definition) is 13. The molecule has 17 nitrogen and oxygen atoms in total. The van der Waals surface area contributed by atoms with E-state index in [1.54, 1.807) is 80.2 Å². The van der Waals surface area contributed by atoms with Gasteiger partial charge in [0.25, 0.3) is 11.6 Å². The number of amidine groups is 1. The molecule has 0 saturated heterocycles. The number of nitro groups is 1. The zero-order valence-corrected chi connectivity index (χ0v) is 36.9. The lowest BCUT2D eigenvalue weighted by atomic mass is 10.0. The standard InChI is InChI=1S/C43H53N5O12S/c1-11-57-34(49)24-31-23-29-25-46(20-19-33(29)61-31)37(51)32(22-26-13-12-14-30(21-26)48(55)56)44-36(50)28-17-15-27(16-18-28)35(45-38(52)58-41(2,3)4)47(39(53)59-42(5,6)7)40(54)60-43(8,9)10/h12-18,21,23,32H,11,19-20,22,24-25H2,1-10H3,(H,44,50)/t32-/m0/s1. The highest BCUT2D eigenvalue weighted by atomic mass is 32.1. The second-order valence-corrected chi connectivity index (χ2v) is 18.3. The van der Waals surface area contributed by atoms with Gasteiger partial charge >= 0.3 is 24.2 Å². The summed E-state index contributed by atoms with van der Waals surface area (Å²) in [6.07, 6.45) is -2.99. The van der Waals surface area contributed by atoms with Crippen molar-refractivity contribution in [3.63, 3.8) is 0 Å². The molecule has 1 aliphatic heterocycles. The predicted octanol–water partition coefficient (Wildman–Crippen LogP) is 7.54. The Kier molecular flexibility index (Phi) is 15.2. The van der Waals surface area contributed by atoms with Gasteiger partial charge in [-0.05, 0) is 105 Å². The molecule has 1 aliphatic rings. The van der Waals surface area contributed by atoms with Crippen LogP contribution in [0.15, 0.2) is 59.6 Å². The Morgan fingerprint density at radius 2 is 1.46 bits per heavy atom. The molecular weight excluding hydrogens is 811 g/mol. The maximum absolute atomic E-state index is 14.3. The van der Waals surface area contributed by atoms with Gasteiger partial charge in [0, 0.05) is 52.5 Å². The van der Waals surface area contributed by atoms with E-state index in [4.69, 9.17) is 18.9 Å². The van der Waals surface area contributed by atoms with Crippen LogP contribution in [0.2, 0.25) is 0 Å². The number of ether oxygens (including phenoxy) is 4. The molecule has 0 aliphatic carbocycles. The summed E-state index contributed by atoms with van der Waals surface area (Å²) in [5, 5.41) is 14.4. The fourth-order valence-corrected chi connectivity index (χ4v) is 7.12. The first-order chi connectivity index (χ1) is 28.3. The van der Waals surface area contributed by atoms with Gasteiger partial charge in [0.05, 0.1) is 18.0 Å². The molecule has 2 aromatic carbocycles. The number of non-ortho nitro benzene ring substituents is 1. The molecule has 0 bridgehead atoms. The molecular formula is C43H53N5O12S. The van der Waals surface area contributed by atoms with Crippen LogP contribution in [0.25, 0.3) is 0 Å². The number of esters is 1. The van der Waals surface area contributed by atoms with Gasteiger partial charge in [0.2, 0.25) is 5.91 Å². The van der Waals surface area contributed by atoms with Crippen LogP contribution in [-0.2, 0) is 54.3 Å². The van der Waals surface area contributed by atoms with Gasteiger partial charge in [-0.3, -0.25) is 24.5 Å². The van der Waals surface area contributed by atoms with Crippen molar-refractivity contribution < 1.29 is 52.6 Å². The first-order valence-electron chi connectivity index (χ1n) is 19.6. The minimum atomic E-state index is -1.20. The molecule has 0 unspecified atom stereocenters. The second kappa shape index (κ2) is 19.5. The number of nitro benzene ring substituents is 1. The van der Waals surface area contributed by atoms with E-state index in [2.05, 4.69) is 10.3 Å². The van der Waals surface area contributed by atoms with Gasteiger partial charge in [0.15, 0.2) is 5.84 Å². The van der Waals surface area contributed by atoms with Crippen LogP contribution in [0.4, 0.5) is 20.1 Å². The highest BCUT2D eigenvalue weighted by Gasteiger charge is 2.37. The van der Waals surface area contributed by atoms with E-state index in [1.807, 2.05) is 6.07 Å². The highest BCUT2D eigenvalue weighted by Crippen LogP contribution is 2.30. The Hall–Kier alpha value is -6.17. The first kappa shape index (κ1) is 47.5. The Morgan fingerprint density at radius 3 is 2.02 bits per heavy atom. The summed E-state index contributed by atoms with van der Waals surface area (Å²) in [4.78, 5) is 99.6. The molecule has 1 aromatic heterocycles. The van der Waals surface area contributed by atoms with Crippen molar-refractivity contribution in [2.45, 2.75) is 118 Å². The third-order valence-corrected chi connectivity index (χ3v) is 9.61. The quantitative estimate of drug-likeness (QED) is 0.0523. The Balaban J connectivity index is 1.69. The van der Waals surface area contributed by atoms with Gasteiger partial charge in [-0.1, -0.05) is 24.3 Å². The van der Waals surface area contributed by atoms with Gasteiger partial charge in [-0.15, -0.1) is 11.3 Å². The van der Waals surface area contributed by atoms with Crippen LogP contribution >= 0.6 is 11.3 Å². The first-order valence-corrected chi connectivity index (χ1v) is 20.4. The molecule has 1 atom stereocenters. The molecule has 18 heteroatoms. The minimum Gasteiger partial charge on any atom is -0.466 e. The highest BCUT2D eigenvalue weighted by molar-refractivity contribution is 7.12. The minimum absolute atomic E-state index is 0.0190. The number of nitrogens with zero attached hydrogens (tertiary/aromatic N) is 4. The number of carbonyl (C=O) groups is 6. The van der Waals surface area contributed by atoms with Crippen LogP contribution in [0, 0.1) is 10.1 Å². The van der Waals surface area contributed by atoms with E-state index in [9.17, 15) is 38.9 Å². The number of aliphatic imine (C=N–C) groups is 1. The summed E-state index contributed by atoms with van der Waals surface area (Å²) < 4.78 is 21.5. The molecule has 0 saturated carbocycles. The molecule has 5 amide bonds. The van der Waals surface area contributed by atoms with E-state index in [0.717, 1.165) is 15.3 Å². The summed E-state index contributed by atoms with van der Waals surface area (Å²) in [7, 11) is 0. The predicted molar refractivity (Wildman–Crippen MR) is 225 cm³/mol. The molecule has 0 spiro atoms. The largest absolute Gasteiger partial charge is 0.466 e. The number of rotatable bonds is 10. The number of carbonyl (C=O) groups excluding carboxylic acids is 6. The Labute approximate surface area is 358 Å². The van der Waals surface area contributed by atoms with Crippen LogP contribution < -0.4 is 5.32 Å². The summed E-state index contributed by atoms with van der Waals surface area (Å²) >= 11 is 1.48. The molecule has 328 valence electrons. The number of hydrogen-bond donors (Lipinski definition) is 1. The summed E-state index contributed by atoms with van der Waals surface area (Å²) in [6, 6.07) is 11.8. The molecule has 4 rings (SSSR count). The van der Waals surface area contributed by atoms with E-state index >= 15 is 0 Å². The third-order valence-electron chi connectivity index (χ3n) is 8.38. The van der Waals surface area contributed by atoms with Crippen molar-refractivity contribution in [2.75, 3.05) is 13.2 Å². The number of fused-ring (bicyclic) bond motifs is 1. The van der Waals surface area contributed by atoms with Crippen molar-refractivity contribution >= 4 is 58.9 Å². The van der Waals surface area contributed by atoms with Crippen LogP contribution in [-0.4, -0.2) is 92.6 Å². The van der Waals surface area contributed by atoms with Gasteiger partial charge < -0.3 is 29.2 Å². The summed E-state index contributed by atoms with van der Waals surface area (Å²) in [6.45, 7) is 16.9. The van der Waals surface area contributed by atoms with Gasteiger partial charge in [-0.25, -0.2) is 14.4 Å². The number of imide groups is 1. The number of nitrogens with one attached hydrogen (secondary N) is 1. The molecule has 0 radical (unpaired) electrons. The van der Waals surface area contributed by atoms with Gasteiger partial charge in [-0.2, -0.15) is 9.89 Å². The Bertz CT molecular complexity index is 2150. The smallest absolute Gasteiger partial charge is 0.436 e. The molecule has 1 N–H and O–H groups in total. The lowest BCUT2D eigenvalue weighted by Crippen LogP contribution is -2.50. The summed E-state index contributed by atoms with van der Waals surface area (Å²) in [5.41, 5.74) is -1.98. The van der Waals surface area contributed by atoms with Crippen LogP contribution in [0.5, 0.6) is 0 Å².